The van der Waals surface area contributed by atoms with Crippen LogP contribution in [0.5, 0.6) is 0 Å². The maximum Gasteiger partial charge on any atom is 0.168 e. The first-order chi connectivity index (χ1) is 9.56. The molecule has 0 radical (unpaired) electrons. The summed E-state index contributed by atoms with van der Waals surface area (Å²) in [6, 6.07) is 8.84. The lowest BCUT2D eigenvalue weighted by atomic mass is 10.1. The number of rotatable bonds is 1. The molecular formula is C14H8BrF2N3. The molecule has 0 bridgehead atoms. The molecule has 0 atom stereocenters. The Morgan fingerprint density at radius 1 is 1.00 bits per heavy atom. The third-order valence-corrected chi connectivity index (χ3v) is 3.37. The first kappa shape index (κ1) is 12.9. The van der Waals surface area contributed by atoms with E-state index in [1.807, 2.05) is 0 Å². The first-order valence-electron chi connectivity index (χ1n) is 5.73. The Hall–Kier alpha value is -2.08. The number of hydrogen-bond acceptors (Lipinski definition) is 3. The summed E-state index contributed by atoms with van der Waals surface area (Å²) in [7, 11) is 0. The van der Waals surface area contributed by atoms with Gasteiger partial charge in [-0.25, -0.2) is 18.7 Å². The lowest BCUT2D eigenvalue weighted by Gasteiger charge is -2.07. The van der Waals surface area contributed by atoms with E-state index in [0.29, 0.717) is 10.9 Å². The van der Waals surface area contributed by atoms with Crippen LogP contribution < -0.4 is 5.73 Å². The number of benzene rings is 2. The fraction of sp³-hybridized carbons (Fsp3) is 0. The van der Waals surface area contributed by atoms with Crippen molar-refractivity contribution in [3.05, 3.63) is 52.5 Å². The number of nitrogens with two attached hydrogens (primary N) is 1. The van der Waals surface area contributed by atoms with Gasteiger partial charge in [0, 0.05) is 9.86 Å². The van der Waals surface area contributed by atoms with E-state index in [2.05, 4.69) is 25.9 Å². The molecule has 0 aliphatic carbocycles. The van der Waals surface area contributed by atoms with E-state index in [0.717, 1.165) is 16.6 Å². The van der Waals surface area contributed by atoms with Gasteiger partial charge in [-0.1, -0.05) is 22.0 Å². The molecule has 0 saturated heterocycles. The van der Waals surface area contributed by atoms with E-state index >= 15 is 0 Å². The lowest BCUT2D eigenvalue weighted by Crippen LogP contribution is -2.00. The highest BCUT2D eigenvalue weighted by molar-refractivity contribution is 9.10. The molecule has 3 aromatic rings. The highest BCUT2D eigenvalue weighted by Gasteiger charge is 2.15. The molecule has 6 heteroatoms. The topological polar surface area (TPSA) is 51.8 Å². The summed E-state index contributed by atoms with van der Waals surface area (Å²) in [5.41, 5.74) is 6.10. The number of nitrogens with zero attached hydrogens (tertiary/aromatic N) is 2. The molecule has 2 N–H and O–H groups in total. The van der Waals surface area contributed by atoms with Gasteiger partial charge in [-0.3, -0.25) is 0 Å². The van der Waals surface area contributed by atoms with Gasteiger partial charge >= 0.3 is 0 Å². The predicted molar refractivity (Wildman–Crippen MR) is 77.0 cm³/mol. The molecule has 0 aliphatic rings. The maximum atomic E-state index is 13.8. The highest BCUT2D eigenvalue weighted by atomic mass is 79.9. The highest BCUT2D eigenvalue weighted by Crippen LogP contribution is 2.28. The molecule has 20 heavy (non-hydrogen) atoms. The van der Waals surface area contributed by atoms with E-state index < -0.39 is 11.6 Å². The maximum absolute atomic E-state index is 13.8. The summed E-state index contributed by atoms with van der Waals surface area (Å²) >= 11 is 3.32. The molecular weight excluding hydrogens is 328 g/mol. The molecule has 0 fully saturated rings. The van der Waals surface area contributed by atoms with Crippen molar-refractivity contribution in [3.8, 4) is 11.4 Å². The number of aromatic nitrogens is 2. The van der Waals surface area contributed by atoms with Crippen LogP contribution in [0.2, 0.25) is 0 Å². The molecule has 2 aromatic carbocycles. The molecule has 1 aromatic heterocycles. The van der Waals surface area contributed by atoms with Crippen LogP contribution in [-0.2, 0) is 0 Å². The van der Waals surface area contributed by atoms with Crippen molar-refractivity contribution in [3.63, 3.8) is 0 Å². The molecule has 100 valence electrons. The van der Waals surface area contributed by atoms with Crippen LogP contribution in [0.1, 0.15) is 0 Å². The zero-order chi connectivity index (χ0) is 14.3. The number of fused-ring (bicyclic) bond motifs is 1. The van der Waals surface area contributed by atoms with Gasteiger partial charge in [0.1, 0.15) is 17.5 Å². The predicted octanol–water partition coefficient (Wildman–Crippen LogP) is 3.92. The largest absolute Gasteiger partial charge is 0.383 e. The van der Waals surface area contributed by atoms with Gasteiger partial charge in [-0.05, 0) is 30.3 Å². The average Bonchev–Trinajstić information content (AvgIpc) is 2.39. The zero-order valence-electron chi connectivity index (χ0n) is 10.1. The standard InChI is InChI=1S/C14H8BrF2N3/c15-7-4-5-11-8(6-7)13(18)20-14(19-11)12-9(16)2-1-3-10(12)17/h1-6H,(H2,18,19,20). The van der Waals surface area contributed by atoms with E-state index in [4.69, 9.17) is 5.73 Å². The lowest BCUT2D eigenvalue weighted by molar-refractivity contribution is 0.587. The number of halogens is 3. The van der Waals surface area contributed by atoms with Crippen molar-refractivity contribution >= 4 is 32.7 Å². The molecule has 0 spiro atoms. The van der Waals surface area contributed by atoms with Crippen LogP contribution in [0.4, 0.5) is 14.6 Å². The second-order valence-corrected chi connectivity index (χ2v) is 5.11. The van der Waals surface area contributed by atoms with Crippen molar-refractivity contribution < 1.29 is 8.78 Å². The second-order valence-electron chi connectivity index (χ2n) is 4.19. The van der Waals surface area contributed by atoms with Crippen LogP contribution in [-0.4, -0.2) is 9.97 Å². The quantitative estimate of drug-likeness (QED) is 0.733. The normalized spacial score (nSPS) is 10.9. The second kappa shape index (κ2) is 4.79. The van der Waals surface area contributed by atoms with Gasteiger partial charge in [-0.15, -0.1) is 0 Å². The Morgan fingerprint density at radius 2 is 1.70 bits per heavy atom. The Balaban J connectivity index is 2.31. The smallest absolute Gasteiger partial charge is 0.168 e. The van der Waals surface area contributed by atoms with Gasteiger partial charge in [0.25, 0.3) is 0 Å². The summed E-state index contributed by atoms with van der Waals surface area (Å²) in [5, 5.41) is 0.625. The molecule has 0 saturated carbocycles. The third kappa shape index (κ3) is 2.12. The molecule has 0 aliphatic heterocycles. The fourth-order valence-corrected chi connectivity index (χ4v) is 2.31. The molecule has 0 amide bonds. The van der Waals surface area contributed by atoms with Gasteiger partial charge < -0.3 is 5.73 Å². The molecule has 1 heterocycles. The van der Waals surface area contributed by atoms with Crippen molar-refractivity contribution in [2.24, 2.45) is 0 Å². The third-order valence-electron chi connectivity index (χ3n) is 2.87. The monoisotopic (exact) mass is 335 g/mol. The van der Waals surface area contributed by atoms with Crippen LogP contribution in [0.25, 0.3) is 22.3 Å². The van der Waals surface area contributed by atoms with Crippen molar-refractivity contribution in [1.82, 2.24) is 9.97 Å². The van der Waals surface area contributed by atoms with E-state index in [-0.39, 0.29) is 17.2 Å². The summed E-state index contributed by atoms with van der Waals surface area (Å²) in [4.78, 5) is 8.18. The molecule has 0 unspecified atom stereocenters. The average molecular weight is 336 g/mol. The van der Waals surface area contributed by atoms with E-state index in [1.165, 1.54) is 6.07 Å². The first-order valence-corrected chi connectivity index (χ1v) is 6.53. The van der Waals surface area contributed by atoms with Crippen LogP contribution in [0, 0.1) is 11.6 Å². The Kier molecular flexibility index (Phi) is 3.10. The Morgan fingerprint density at radius 3 is 2.40 bits per heavy atom. The van der Waals surface area contributed by atoms with E-state index in [1.54, 1.807) is 18.2 Å². The summed E-state index contributed by atoms with van der Waals surface area (Å²) in [6.45, 7) is 0. The van der Waals surface area contributed by atoms with Crippen LogP contribution in [0.15, 0.2) is 40.9 Å². The zero-order valence-corrected chi connectivity index (χ0v) is 11.7. The van der Waals surface area contributed by atoms with Crippen molar-refractivity contribution in [2.45, 2.75) is 0 Å². The SMILES string of the molecule is Nc1nc(-c2c(F)cccc2F)nc2ccc(Br)cc12. The van der Waals surface area contributed by atoms with Crippen molar-refractivity contribution in [2.75, 3.05) is 5.73 Å². The minimum Gasteiger partial charge on any atom is -0.383 e. The summed E-state index contributed by atoms with van der Waals surface area (Å²) in [6.07, 6.45) is 0. The summed E-state index contributed by atoms with van der Waals surface area (Å²) in [5.74, 6) is -1.33. The number of anilines is 1. The van der Waals surface area contributed by atoms with Gasteiger partial charge in [-0.2, -0.15) is 0 Å². The minimum absolute atomic E-state index is 0.0621. The molecule has 3 rings (SSSR count). The number of nitrogen functional groups attached to an aromatic ring is 1. The van der Waals surface area contributed by atoms with Gasteiger partial charge in [0.05, 0.1) is 11.1 Å². The van der Waals surface area contributed by atoms with Crippen LogP contribution >= 0.6 is 15.9 Å². The Bertz CT molecular complexity index is 801. The summed E-state index contributed by atoms with van der Waals surface area (Å²) < 4.78 is 28.4. The molecule has 3 nitrogen and oxygen atoms in total. The Labute approximate surface area is 121 Å². The van der Waals surface area contributed by atoms with E-state index in [9.17, 15) is 8.78 Å². The van der Waals surface area contributed by atoms with Gasteiger partial charge in [0.2, 0.25) is 0 Å². The van der Waals surface area contributed by atoms with Crippen molar-refractivity contribution in [1.29, 1.82) is 0 Å². The minimum atomic E-state index is -0.721. The fourth-order valence-electron chi connectivity index (χ4n) is 1.95. The number of hydrogen-bond donors (Lipinski definition) is 1. The van der Waals surface area contributed by atoms with Gasteiger partial charge in [0.15, 0.2) is 5.82 Å². The van der Waals surface area contributed by atoms with Crippen LogP contribution in [0.3, 0.4) is 0 Å².